The zero-order chi connectivity index (χ0) is 16.1. The van der Waals surface area contributed by atoms with Gasteiger partial charge < -0.3 is 9.84 Å². The highest BCUT2D eigenvalue weighted by molar-refractivity contribution is 6.08. The Hall–Kier alpha value is -2.88. The number of carboxylic acid groups (broad SMARTS) is 1. The van der Waals surface area contributed by atoms with Gasteiger partial charge in [-0.3, -0.25) is 4.79 Å². The average Bonchev–Trinajstić information content (AvgIpc) is 2.52. The van der Waals surface area contributed by atoms with Gasteiger partial charge in [-0.25, -0.2) is 4.79 Å². The van der Waals surface area contributed by atoms with Crippen molar-refractivity contribution in [1.29, 1.82) is 0 Å². The smallest absolute Gasteiger partial charge is 0.335 e. The molecule has 4 nitrogen and oxygen atoms in total. The molecule has 0 aliphatic heterocycles. The highest BCUT2D eigenvalue weighted by Gasteiger charge is 2.09. The summed E-state index contributed by atoms with van der Waals surface area (Å²) < 4.78 is 5.22. The van der Waals surface area contributed by atoms with Crippen LogP contribution in [0.25, 0.3) is 6.08 Å². The SMILES string of the molecule is COc1cc(C)ccc1C(=O)/C=C/c1ccc(C(=O)O)cc1. The lowest BCUT2D eigenvalue weighted by atomic mass is 10.1. The molecule has 0 radical (unpaired) electrons. The van der Waals surface area contributed by atoms with Gasteiger partial charge in [0.05, 0.1) is 18.2 Å². The van der Waals surface area contributed by atoms with E-state index in [9.17, 15) is 9.59 Å². The highest BCUT2D eigenvalue weighted by atomic mass is 16.5. The van der Waals surface area contributed by atoms with Gasteiger partial charge in [0.15, 0.2) is 5.78 Å². The van der Waals surface area contributed by atoms with Gasteiger partial charge in [-0.15, -0.1) is 0 Å². The van der Waals surface area contributed by atoms with Gasteiger partial charge in [-0.05, 0) is 48.4 Å². The van der Waals surface area contributed by atoms with E-state index in [1.807, 2.05) is 19.1 Å². The first-order valence-electron chi connectivity index (χ1n) is 6.71. The van der Waals surface area contributed by atoms with Gasteiger partial charge in [-0.1, -0.05) is 24.3 Å². The van der Waals surface area contributed by atoms with Gasteiger partial charge >= 0.3 is 5.97 Å². The summed E-state index contributed by atoms with van der Waals surface area (Å²) in [6.45, 7) is 1.93. The molecule has 0 heterocycles. The third-order valence-corrected chi connectivity index (χ3v) is 3.21. The topological polar surface area (TPSA) is 63.6 Å². The quantitative estimate of drug-likeness (QED) is 0.676. The standard InChI is InChI=1S/C18H16O4/c1-12-3-9-15(17(11-12)22-2)16(19)10-6-13-4-7-14(8-5-13)18(20)21/h3-11H,1-2H3,(H,20,21)/b10-6+. The molecule has 0 aliphatic carbocycles. The normalized spacial score (nSPS) is 10.6. The molecule has 0 atom stereocenters. The number of carbonyl (C=O) groups is 2. The first-order chi connectivity index (χ1) is 10.5. The van der Waals surface area contributed by atoms with E-state index in [1.165, 1.54) is 25.3 Å². The van der Waals surface area contributed by atoms with Crippen molar-refractivity contribution in [2.24, 2.45) is 0 Å². The summed E-state index contributed by atoms with van der Waals surface area (Å²) in [5.41, 5.74) is 2.47. The second kappa shape index (κ2) is 6.72. The number of ketones is 1. The van der Waals surface area contributed by atoms with Crippen LogP contribution in [-0.2, 0) is 0 Å². The Balaban J connectivity index is 2.19. The second-order valence-electron chi connectivity index (χ2n) is 4.83. The van der Waals surface area contributed by atoms with Crippen LogP contribution < -0.4 is 4.74 Å². The lowest BCUT2D eigenvalue weighted by Crippen LogP contribution is -1.99. The van der Waals surface area contributed by atoms with Gasteiger partial charge in [-0.2, -0.15) is 0 Å². The summed E-state index contributed by atoms with van der Waals surface area (Å²) in [6.07, 6.45) is 3.09. The van der Waals surface area contributed by atoms with E-state index in [0.29, 0.717) is 11.3 Å². The molecule has 0 spiro atoms. The van der Waals surface area contributed by atoms with E-state index in [0.717, 1.165) is 11.1 Å². The Morgan fingerprint density at radius 2 is 1.77 bits per heavy atom. The molecule has 0 aliphatic rings. The predicted molar refractivity (Wildman–Crippen MR) is 84.5 cm³/mol. The molecular weight excluding hydrogens is 280 g/mol. The molecule has 0 amide bonds. The van der Waals surface area contributed by atoms with Crippen molar-refractivity contribution in [3.8, 4) is 5.75 Å². The second-order valence-corrected chi connectivity index (χ2v) is 4.83. The van der Waals surface area contributed by atoms with E-state index in [1.54, 1.807) is 24.3 Å². The number of aryl methyl sites for hydroxylation is 1. The van der Waals surface area contributed by atoms with Crippen molar-refractivity contribution in [1.82, 2.24) is 0 Å². The van der Waals surface area contributed by atoms with Crippen LogP contribution >= 0.6 is 0 Å². The molecule has 112 valence electrons. The molecular formula is C18H16O4. The van der Waals surface area contributed by atoms with Crippen molar-refractivity contribution in [2.45, 2.75) is 6.92 Å². The average molecular weight is 296 g/mol. The zero-order valence-corrected chi connectivity index (χ0v) is 12.4. The van der Waals surface area contributed by atoms with E-state index < -0.39 is 5.97 Å². The number of aromatic carboxylic acids is 1. The molecule has 1 N–H and O–H groups in total. The van der Waals surface area contributed by atoms with Gasteiger partial charge in [0.25, 0.3) is 0 Å². The first-order valence-corrected chi connectivity index (χ1v) is 6.71. The maximum atomic E-state index is 12.2. The maximum Gasteiger partial charge on any atom is 0.335 e. The van der Waals surface area contributed by atoms with Gasteiger partial charge in [0, 0.05) is 0 Å². The third-order valence-electron chi connectivity index (χ3n) is 3.21. The van der Waals surface area contributed by atoms with Crippen molar-refractivity contribution in [3.63, 3.8) is 0 Å². The largest absolute Gasteiger partial charge is 0.496 e. The van der Waals surface area contributed by atoms with Crippen LogP contribution in [0.5, 0.6) is 5.75 Å². The van der Waals surface area contributed by atoms with Crippen molar-refractivity contribution in [2.75, 3.05) is 7.11 Å². The zero-order valence-electron chi connectivity index (χ0n) is 12.4. The number of allylic oxidation sites excluding steroid dienone is 1. The minimum absolute atomic E-state index is 0.167. The number of rotatable bonds is 5. The Bertz CT molecular complexity index is 727. The summed E-state index contributed by atoms with van der Waals surface area (Å²) in [5.74, 6) is -0.606. The monoisotopic (exact) mass is 296 g/mol. The number of carboxylic acids is 1. The number of hydrogen-bond donors (Lipinski definition) is 1. The highest BCUT2D eigenvalue weighted by Crippen LogP contribution is 2.21. The Morgan fingerprint density at radius 1 is 1.09 bits per heavy atom. The minimum atomic E-state index is -0.976. The van der Waals surface area contributed by atoms with Crippen LogP contribution in [0, 0.1) is 6.92 Å². The number of carbonyl (C=O) groups excluding carboxylic acids is 1. The fraction of sp³-hybridized carbons (Fsp3) is 0.111. The molecule has 4 heteroatoms. The molecule has 0 unspecified atom stereocenters. The number of methoxy groups -OCH3 is 1. The van der Waals surface area contributed by atoms with Crippen molar-refractivity contribution < 1.29 is 19.4 Å². The summed E-state index contributed by atoms with van der Waals surface area (Å²) in [7, 11) is 1.53. The van der Waals surface area contributed by atoms with E-state index in [-0.39, 0.29) is 11.3 Å². The predicted octanol–water partition coefficient (Wildman–Crippen LogP) is 3.60. The Morgan fingerprint density at radius 3 is 2.36 bits per heavy atom. The number of benzene rings is 2. The first kappa shape index (κ1) is 15.5. The van der Waals surface area contributed by atoms with Crippen LogP contribution in [0.3, 0.4) is 0 Å². The van der Waals surface area contributed by atoms with Gasteiger partial charge in [0.1, 0.15) is 5.75 Å². The molecule has 22 heavy (non-hydrogen) atoms. The van der Waals surface area contributed by atoms with Crippen LogP contribution in [0.1, 0.15) is 31.8 Å². The minimum Gasteiger partial charge on any atom is -0.496 e. The Kier molecular flexibility index (Phi) is 4.73. The van der Waals surface area contributed by atoms with Crippen molar-refractivity contribution in [3.05, 3.63) is 70.8 Å². The maximum absolute atomic E-state index is 12.2. The molecule has 2 rings (SSSR count). The summed E-state index contributed by atoms with van der Waals surface area (Å²) in [5, 5.41) is 8.84. The fourth-order valence-electron chi connectivity index (χ4n) is 2.00. The molecule has 0 saturated heterocycles. The lowest BCUT2D eigenvalue weighted by Gasteiger charge is -2.06. The van der Waals surface area contributed by atoms with Gasteiger partial charge in [0.2, 0.25) is 0 Å². The van der Waals surface area contributed by atoms with Crippen LogP contribution in [-0.4, -0.2) is 24.0 Å². The van der Waals surface area contributed by atoms with E-state index in [4.69, 9.17) is 9.84 Å². The number of ether oxygens (including phenoxy) is 1. The molecule has 2 aromatic carbocycles. The summed E-state index contributed by atoms with van der Waals surface area (Å²) in [4.78, 5) is 23.0. The summed E-state index contributed by atoms with van der Waals surface area (Å²) >= 11 is 0. The summed E-state index contributed by atoms with van der Waals surface area (Å²) in [6, 6.07) is 11.7. The molecule has 0 bridgehead atoms. The van der Waals surface area contributed by atoms with Crippen LogP contribution in [0.4, 0.5) is 0 Å². The molecule has 0 aromatic heterocycles. The van der Waals surface area contributed by atoms with E-state index in [2.05, 4.69) is 0 Å². The molecule has 2 aromatic rings. The molecule has 0 fully saturated rings. The number of hydrogen-bond acceptors (Lipinski definition) is 3. The van der Waals surface area contributed by atoms with Crippen LogP contribution in [0.15, 0.2) is 48.5 Å². The lowest BCUT2D eigenvalue weighted by molar-refractivity contribution is 0.0696. The van der Waals surface area contributed by atoms with Crippen LogP contribution in [0.2, 0.25) is 0 Å². The van der Waals surface area contributed by atoms with E-state index >= 15 is 0 Å². The van der Waals surface area contributed by atoms with Crippen molar-refractivity contribution >= 4 is 17.8 Å². The third kappa shape index (κ3) is 3.61. The fourth-order valence-corrected chi connectivity index (χ4v) is 2.00. The molecule has 0 saturated carbocycles. The Labute approximate surface area is 128 Å².